The van der Waals surface area contributed by atoms with E-state index in [1.807, 2.05) is 19.9 Å². The Bertz CT molecular complexity index is 349. The van der Waals surface area contributed by atoms with Crippen LogP contribution in [0.25, 0.3) is 0 Å². The minimum atomic E-state index is -0.0516. The van der Waals surface area contributed by atoms with Gasteiger partial charge in [-0.15, -0.1) is 0 Å². The smallest absolute Gasteiger partial charge is 0.127 e. The number of aryl methyl sites for hydroxylation is 2. The molecule has 0 fully saturated rings. The molecule has 1 heteroatoms. The zero-order valence-electron chi connectivity index (χ0n) is 10.4. The van der Waals surface area contributed by atoms with Gasteiger partial charge in [0.15, 0.2) is 0 Å². The molecule has 0 atom stereocenters. The molecule has 1 aromatic rings. The average Bonchev–Trinajstić information content (AvgIpc) is 2.22. The molecular formula is C14H21F. The molecule has 0 bridgehead atoms. The van der Waals surface area contributed by atoms with E-state index < -0.39 is 0 Å². The van der Waals surface area contributed by atoms with Crippen LogP contribution >= 0.6 is 0 Å². The Labute approximate surface area is 92.5 Å². The molecule has 0 amide bonds. The fourth-order valence-corrected chi connectivity index (χ4v) is 1.87. The minimum absolute atomic E-state index is 0.0253. The summed E-state index contributed by atoms with van der Waals surface area (Å²) in [6.07, 6.45) is 1.95. The van der Waals surface area contributed by atoms with Crippen LogP contribution in [-0.2, 0) is 5.41 Å². The van der Waals surface area contributed by atoms with E-state index in [1.165, 1.54) is 5.56 Å². The molecule has 15 heavy (non-hydrogen) atoms. The minimum Gasteiger partial charge on any atom is -0.207 e. The summed E-state index contributed by atoms with van der Waals surface area (Å²) < 4.78 is 13.9. The summed E-state index contributed by atoms with van der Waals surface area (Å²) in [7, 11) is 0. The van der Waals surface area contributed by atoms with Crippen molar-refractivity contribution in [2.45, 2.75) is 52.9 Å². The van der Waals surface area contributed by atoms with Crippen molar-refractivity contribution in [2.75, 3.05) is 0 Å². The van der Waals surface area contributed by atoms with Crippen molar-refractivity contribution in [1.82, 2.24) is 0 Å². The summed E-state index contributed by atoms with van der Waals surface area (Å²) >= 11 is 0. The second kappa shape index (κ2) is 4.34. The molecule has 1 rings (SSSR count). The molecule has 0 saturated carbocycles. The number of halogens is 1. The number of hydrogen-bond donors (Lipinski definition) is 0. The molecule has 0 radical (unpaired) electrons. The highest BCUT2D eigenvalue weighted by Gasteiger charge is 2.25. The molecule has 0 unspecified atom stereocenters. The third kappa shape index (κ3) is 2.22. The first kappa shape index (κ1) is 12.2. The first-order valence-electron chi connectivity index (χ1n) is 5.72. The van der Waals surface area contributed by atoms with Gasteiger partial charge < -0.3 is 0 Å². The van der Waals surface area contributed by atoms with Crippen LogP contribution < -0.4 is 0 Å². The fourth-order valence-electron chi connectivity index (χ4n) is 1.87. The summed E-state index contributed by atoms with van der Waals surface area (Å²) in [6.45, 7) is 10.4. The Kier molecular flexibility index (Phi) is 3.54. The second-order valence-corrected chi connectivity index (χ2v) is 4.68. The van der Waals surface area contributed by atoms with Gasteiger partial charge >= 0.3 is 0 Å². The fraction of sp³-hybridized carbons (Fsp3) is 0.571. The Hall–Kier alpha value is -0.850. The molecule has 84 valence electrons. The zero-order chi connectivity index (χ0) is 11.6. The van der Waals surface area contributed by atoms with Crippen molar-refractivity contribution < 1.29 is 4.39 Å². The SMILES string of the molecule is CCC(C)(CC)c1cc(C)c(C)cc1F. The van der Waals surface area contributed by atoms with Gasteiger partial charge in [-0.25, -0.2) is 4.39 Å². The molecule has 0 saturated heterocycles. The van der Waals surface area contributed by atoms with Crippen molar-refractivity contribution in [1.29, 1.82) is 0 Å². The maximum absolute atomic E-state index is 13.9. The van der Waals surface area contributed by atoms with Gasteiger partial charge in [-0.05, 0) is 54.9 Å². The van der Waals surface area contributed by atoms with Crippen LogP contribution in [0.1, 0.15) is 50.3 Å². The number of benzene rings is 1. The van der Waals surface area contributed by atoms with Crippen LogP contribution in [0.3, 0.4) is 0 Å². The summed E-state index contributed by atoms with van der Waals surface area (Å²) in [5.41, 5.74) is 3.06. The van der Waals surface area contributed by atoms with Crippen LogP contribution in [-0.4, -0.2) is 0 Å². The van der Waals surface area contributed by atoms with Gasteiger partial charge in [-0.1, -0.05) is 26.8 Å². The second-order valence-electron chi connectivity index (χ2n) is 4.68. The maximum atomic E-state index is 13.9. The van der Waals surface area contributed by atoms with Crippen molar-refractivity contribution in [3.05, 3.63) is 34.6 Å². The quantitative estimate of drug-likeness (QED) is 0.685. The van der Waals surface area contributed by atoms with Gasteiger partial charge in [0.25, 0.3) is 0 Å². The molecule has 0 heterocycles. The van der Waals surface area contributed by atoms with Gasteiger partial charge in [0, 0.05) is 0 Å². The topological polar surface area (TPSA) is 0 Å². The van der Waals surface area contributed by atoms with Gasteiger partial charge in [0.2, 0.25) is 0 Å². The Morgan fingerprint density at radius 2 is 1.53 bits per heavy atom. The summed E-state index contributed by atoms with van der Waals surface area (Å²) in [5.74, 6) is -0.0516. The van der Waals surface area contributed by atoms with E-state index in [0.29, 0.717) is 0 Å². The van der Waals surface area contributed by atoms with Gasteiger partial charge in [0.1, 0.15) is 5.82 Å². The van der Waals surface area contributed by atoms with Crippen molar-refractivity contribution in [3.8, 4) is 0 Å². The molecule has 0 nitrogen and oxygen atoms in total. The third-order valence-corrected chi connectivity index (χ3v) is 3.79. The lowest BCUT2D eigenvalue weighted by Gasteiger charge is -2.28. The van der Waals surface area contributed by atoms with Crippen molar-refractivity contribution in [3.63, 3.8) is 0 Å². The van der Waals surface area contributed by atoms with Gasteiger partial charge in [0.05, 0.1) is 0 Å². The Morgan fingerprint density at radius 1 is 1.07 bits per heavy atom. The van der Waals surface area contributed by atoms with Crippen LogP contribution in [0.5, 0.6) is 0 Å². The molecule has 0 N–H and O–H groups in total. The van der Waals surface area contributed by atoms with E-state index in [-0.39, 0.29) is 11.2 Å². The van der Waals surface area contributed by atoms with Gasteiger partial charge in [-0.2, -0.15) is 0 Å². The zero-order valence-corrected chi connectivity index (χ0v) is 10.4. The molecule has 0 aliphatic heterocycles. The highest BCUT2D eigenvalue weighted by molar-refractivity contribution is 5.35. The standard InChI is InChI=1S/C14H21F/c1-6-14(5,7-2)12-8-10(3)11(4)9-13(12)15/h8-9H,6-7H2,1-5H3. The average molecular weight is 208 g/mol. The van der Waals surface area contributed by atoms with Crippen LogP contribution in [0.4, 0.5) is 4.39 Å². The highest BCUT2D eigenvalue weighted by atomic mass is 19.1. The molecule has 0 spiro atoms. The van der Waals surface area contributed by atoms with E-state index >= 15 is 0 Å². The van der Waals surface area contributed by atoms with E-state index in [1.54, 1.807) is 6.07 Å². The Morgan fingerprint density at radius 3 is 2.00 bits per heavy atom. The first-order chi connectivity index (χ1) is 6.94. The lowest BCUT2D eigenvalue weighted by Crippen LogP contribution is -2.21. The molecular weight excluding hydrogens is 187 g/mol. The van der Waals surface area contributed by atoms with Crippen molar-refractivity contribution in [2.24, 2.45) is 0 Å². The monoisotopic (exact) mass is 208 g/mol. The summed E-state index contributed by atoms with van der Waals surface area (Å²) in [6, 6.07) is 3.67. The third-order valence-electron chi connectivity index (χ3n) is 3.79. The van der Waals surface area contributed by atoms with Crippen LogP contribution in [0.15, 0.2) is 12.1 Å². The normalized spacial score (nSPS) is 11.9. The first-order valence-corrected chi connectivity index (χ1v) is 5.72. The van der Waals surface area contributed by atoms with Gasteiger partial charge in [-0.3, -0.25) is 0 Å². The predicted molar refractivity (Wildman–Crippen MR) is 63.8 cm³/mol. The molecule has 0 aliphatic carbocycles. The van der Waals surface area contributed by atoms with E-state index in [9.17, 15) is 4.39 Å². The molecule has 1 aromatic carbocycles. The van der Waals surface area contributed by atoms with Crippen LogP contribution in [0.2, 0.25) is 0 Å². The summed E-state index contributed by atoms with van der Waals surface area (Å²) in [4.78, 5) is 0. The maximum Gasteiger partial charge on any atom is 0.127 e. The lowest BCUT2D eigenvalue weighted by atomic mass is 9.77. The number of rotatable bonds is 3. The largest absolute Gasteiger partial charge is 0.207 e. The highest BCUT2D eigenvalue weighted by Crippen LogP contribution is 2.33. The van der Waals surface area contributed by atoms with Crippen molar-refractivity contribution >= 4 is 0 Å². The predicted octanol–water partition coefficient (Wildman–Crippen LogP) is 4.52. The summed E-state index contributed by atoms with van der Waals surface area (Å²) in [5, 5.41) is 0. The molecule has 0 aliphatic rings. The van der Waals surface area contributed by atoms with E-state index in [2.05, 4.69) is 20.8 Å². The van der Waals surface area contributed by atoms with E-state index in [4.69, 9.17) is 0 Å². The van der Waals surface area contributed by atoms with E-state index in [0.717, 1.165) is 24.0 Å². The van der Waals surface area contributed by atoms with Crippen LogP contribution in [0, 0.1) is 19.7 Å². The lowest BCUT2D eigenvalue weighted by molar-refractivity contribution is 0.414. The number of hydrogen-bond acceptors (Lipinski definition) is 0. The molecule has 0 aromatic heterocycles. The Balaban J connectivity index is 3.30.